The van der Waals surface area contributed by atoms with Crippen LogP contribution in [0, 0.1) is 23.7 Å². The Morgan fingerprint density at radius 3 is 2.09 bits per heavy atom. The van der Waals surface area contributed by atoms with Crippen molar-refractivity contribution in [3.63, 3.8) is 0 Å². The monoisotopic (exact) mass is 150 g/mol. The van der Waals surface area contributed by atoms with E-state index in [2.05, 4.69) is 0 Å². The van der Waals surface area contributed by atoms with Gasteiger partial charge in [0.25, 0.3) is 0 Å². The highest BCUT2D eigenvalue weighted by molar-refractivity contribution is 5.14. The topological polar surface area (TPSA) is 12.5 Å². The Labute approximate surface area is 67.1 Å². The van der Waals surface area contributed by atoms with E-state index in [0.29, 0.717) is 0 Å². The molecule has 0 amide bonds. The largest absolute Gasteiger partial charge is 0.369 e. The summed E-state index contributed by atoms with van der Waals surface area (Å²) in [6.45, 7) is 0. The summed E-state index contributed by atoms with van der Waals surface area (Å²) < 4.78 is 5.68. The molecule has 6 atom stereocenters. The van der Waals surface area contributed by atoms with Gasteiger partial charge < -0.3 is 4.74 Å². The summed E-state index contributed by atoms with van der Waals surface area (Å²) in [6.07, 6.45) is 7.60. The third kappa shape index (κ3) is 0.488. The maximum Gasteiger partial charge on any atom is 0.0875 e. The van der Waals surface area contributed by atoms with E-state index < -0.39 is 0 Å². The number of epoxide rings is 1. The lowest BCUT2D eigenvalue weighted by Crippen LogP contribution is -2.22. The predicted molar refractivity (Wildman–Crippen MR) is 41.1 cm³/mol. The quantitative estimate of drug-likeness (QED) is 0.480. The van der Waals surface area contributed by atoms with Crippen LogP contribution in [-0.4, -0.2) is 12.2 Å². The van der Waals surface area contributed by atoms with Crippen molar-refractivity contribution in [2.24, 2.45) is 23.7 Å². The Kier molecular flexibility index (Phi) is 0.769. The van der Waals surface area contributed by atoms with Crippen LogP contribution in [0.1, 0.15) is 25.7 Å². The molecule has 3 saturated carbocycles. The van der Waals surface area contributed by atoms with Gasteiger partial charge >= 0.3 is 0 Å². The van der Waals surface area contributed by atoms with Gasteiger partial charge in [0.1, 0.15) is 0 Å². The maximum absolute atomic E-state index is 5.68. The minimum Gasteiger partial charge on any atom is -0.369 e. The van der Waals surface area contributed by atoms with Crippen LogP contribution < -0.4 is 0 Å². The van der Waals surface area contributed by atoms with Gasteiger partial charge in [-0.2, -0.15) is 0 Å². The highest BCUT2D eigenvalue weighted by Gasteiger charge is 2.67. The zero-order valence-electron chi connectivity index (χ0n) is 6.70. The molecule has 0 unspecified atom stereocenters. The average molecular weight is 150 g/mol. The van der Waals surface area contributed by atoms with Crippen molar-refractivity contribution >= 4 is 0 Å². The van der Waals surface area contributed by atoms with Gasteiger partial charge in [-0.25, -0.2) is 0 Å². The average Bonchev–Trinajstić information content (AvgIpc) is 2.46. The molecule has 0 aromatic rings. The van der Waals surface area contributed by atoms with Crippen molar-refractivity contribution in [3.05, 3.63) is 0 Å². The summed E-state index contributed by atoms with van der Waals surface area (Å²) in [6, 6.07) is 0. The van der Waals surface area contributed by atoms with E-state index in [1.165, 1.54) is 25.7 Å². The number of ether oxygens (including phenoxy) is 1. The van der Waals surface area contributed by atoms with Crippen molar-refractivity contribution in [2.45, 2.75) is 37.9 Å². The minimum absolute atomic E-state index is 0.749. The van der Waals surface area contributed by atoms with Crippen molar-refractivity contribution in [1.82, 2.24) is 0 Å². The molecular formula is C10H14O. The van der Waals surface area contributed by atoms with E-state index in [1.807, 2.05) is 0 Å². The van der Waals surface area contributed by atoms with Gasteiger partial charge in [0.15, 0.2) is 0 Å². The zero-order chi connectivity index (χ0) is 7.00. The summed E-state index contributed by atoms with van der Waals surface area (Å²) in [5.41, 5.74) is 0. The highest BCUT2D eigenvalue weighted by atomic mass is 16.6. The fraction of sp³-hybridized carbons (Fsp3) is 1.00. The number of fused-ring (bicyclic) bond motifs is 8. The van der Waals surface area contributed by atoms with Gasteiger partial charge in [0.2, 0.25) is 0 Å². The van der Waals surface area contributed by atoms with E-state index in [4.69, 9.17) is 4.74 Å². The lowest BCUT2D eigenvalue weighted by molar-refractivity contribution is 0.244. The molecule has 3 aliphatic carbocycles. The fourth-order valence-corrected chi connectivity index (χ4v) is 4.33. The molecular weight excluding hydrogens is 136 g/mol. The van der Waals surface area contributed by atoms with Crippen LogP contribution >= 0.6 is 0 Å². The molecule has 4 rings (SSSR count). The molecule has 1 aliphatic heterocycles. The Morgan fingerprint density at radius 1 is 0.818 bits per heavy atom. The molecule has 60 valence electrons. The first kappa shape index (κ1) is 5.58. The van der Waals surface area contributed by atoms with Crippen molar-refractivity contribution < 1.29 is 4.74 Å². The molecule has 4 fully saturated rings. The van der Waals surface area contributed by atoms with Crippen LogP contribution in [0.25, 0.3) is 0 Å². The molecule has 1 nitrogen and oxygen atoms in total. The van der Waals surface area contributed by atoms with Gasteiger partial charge in [-0.05, 0) is 42.9 Å². The van der Waals surface area contributed by atoms with E-state index in [0.717, 1.165) is 35.9 Å². The molecule has 0 aromatic heterocycles. The number of hydrogen-bond donors (Lipinski definition) is 0. The first-order valence-corrected chi connectivity index (χ1v) is 5.10. The molecule has 0 aromatic carbocycles. The molecule has 11 heavy (non-hydrogen) atoms. The second kappa shape index (κ2) is 1.52. The Hall–Kier alpha value is -0.0400. The smallest absolute Gasteiger partial charge is 0.0875 e. The summed E-state index contributed by atoms with van der Waals surface area (Å²) in [5, 5.41) is 0. The summed E-state index contributed by atoms with van der Waals surface area (Å²) >= 11 is 0. The molecule has 1 heterocycles. The van der Waals surface area contributed by atoms with Crippen LogP contribution in [0.15, 0.2) is 0 Å². The van der Waals surface area contributed by atoms with Crippen LogP contribution in [0.5, 0.6) is 0 Å². The van der Waals surface area contributed by atoms with E-state index in [9.17, 15) is 0 Å². The van der Waals surface area contributed by atoms with Crippen molar-refractivity contribution in [2.75, 3.05) is 0 Å². The third-order valence-corrected chi connectivity index (χ3v) is 4.67. The maximum atomic E-state index is 5.68. The summed E-state index contributed by atoms with van der Waals surface area (Å²) in [7, 11) is 0. The second-order valence-corrected chi connectivity index (χ2v) is 4.89. The summed E-state index contributed by atoms with van der Waals surface area (Å²) in [5.74, 6) is 4.22. The Bertz CT molecular complexity index is 189. The van der Waals surface area contributed by atoms with Crippen LogP contribution in [0.4, 0.5) is 0 Å². The second-order valence-electron chi connectivity index (χ2n) is 4.89. The highest BCUT2D eigenvalue weighted by Crippen LogP contribution is 2.65. The lowest BCUT2D eigenvalue weighted by Gasteiger charge is -2.20. The van der Waals surface area contributed by atoms with Crippen LogP contribution in [0.3, 0.4) is 0 Å². The van der Waals surface area contributed by atoms with Crippen LogP contribution in [-0.2, 0) is 4.74 Å². The molecule has 0 spiro atoms. The zero-order valence-corrected chi connectivity index (χ0v) is 6.70. The van der Waals surface area contributed by atoms with Gasteiger partial charge in [0.05, 0.1) is 12.2 Å². The fourth-order valence-electron chi connectivity index (χ4n) is 4.33. The molecule has 0 radical (unpaired) electrons. The number of hydrogen-bond acceptors (Lipinski definition) is 1. The van der Waals surface area contributed by atoms with E-state index in [-0.39, 0.29) is 0 Å². The van der Waals surface area contributed by atoms with Crippen molar-refractivity contribution in [3.8, 4) is 0 Å². The molecule has 1 heteroatoms. The molecule has 1 saturated heterocycles. The molecule has 0 N–H and O–H groups in total. The Morgan fingerprint density at radius 2 is 1.45 bits per heavy atom. The number of rotatable bonds is 0. The minimum atomic E-state index is 0.749. The normalized spacial score (nSPS) is 69.8. The Balaban J connectivity index is 1.79. The van der Waals surface area contributed by atoms with Gasteiger partial charge in [-0.1, -0.05) is 6.42 Å². The lowest BCUT2D eigenvalue weighted by atomic mass is 9.82. The standard InChI is InChI=1S/C10H14O/c1-2-5-6(3-1)8-4-7(5)9-10(8)11-9/h5-10H,1-4H2/t5-,6+,7+,8-,9+,10-. The molecule has 4 aliphatic rings. The van der Waals surface area contributed by atoms with Gasteiger partial charge in [0, 0.05) is 0 Å². The van der Waals surface area contributed by atoms with Gasteiger partial charge in [-0.3, -0.25) is 0 Å². The van der Waals surface area contributed by atoms with Crippen LogP contribution in [0.2, 0.25) is 0 Å². The summed E-state index contributed by atoms with van der Waals surface area (Å²) in [4.78, 5) is 0. The van der Waals surface area contributed by atoms with E-state index in [1.54, 1.807) is 0 Å². The first-order chi connectivity index (χ1) is 5.45. The van der Waals surface area contributed by atoms with E-state index >= 15 is 0 Å². The first-order valence-electron chi connectivity index (χ1n) is 5.10. The van der Waals surface area contributed by atoms with Gasteiger partial charge in [-0.15, -0.1) is 0 Å². The molecule has 2 bridgehead atoms. The SMILES string of the molecule is C1C[C@@H]2[C@H](C1)[C@H]1C[C@@H]2[C@@H]2O[C@H]12. The third-order valence-electron chi connectivity index (χ3n) is 4.67. The predicted octanol–water partition coefficient (Wildman–Crippen LogP) is 1.82. The van der Waals surface area contributed by atoms with Crippen molar-refractivity contribution in [1.29, 1.82) is 0 Å².